The number of carbonyl (C=O) groups is 1. The van der Waals surface area contributed by atoms with E-state index >= 15 is 0 Å². The molecule has 1 aromatic carbocycles. The lowest BCUT2D eigenvalue weighted by molar-refractivity contribution is -0.344. The van der Waals surface area contributed by atoms with Crippen LogP contribution >= 0.6 is 0 Å². The van der Waals surface area contributed by atoms with E-state index < -0.39 is 12.1 Å². The number of hydrogen-bond donors (Lipinski definition) is 0. The van der Waals surface area contributed by atoms with Crippen LogP contribution in [-0.4, -0.2) is 25.1 Å². The highest BCUT2D eigenvalue weighted by Crippen LogP contribution is 2.46. The Kier molecular flexibility index (Phi) is 2.55. The van der Waals surface area contributed by atoms with E-state index in [9.17, 15) is 4.79 Å². The molecule has 0 amide bonds. The zero-order valence-electron chi connectivity index (χ0n) is 10.7. The number of methoxy groups -OCH3 is 1. The summed E-state index contributed by atoms with van der Waals surface area (Å²) in [7, 11) is 1.53. The largest absolute Gasteiger partial charge is 0.327 e. The SMILES string of the molecule is CO[C@@]12O[C@H](C(C)C)[C@@H](O1)C(=O)c1ccccc12. The van der Waals surface area contributed by atoms with Gasteiger partial charge < -0.3 is 14.2 Å². The van der Waals surface area contributed by atoms with Gasteiger partial charge in [-0.15, -0.1) is 0 Å². The third-order valence-corrected chi connectivity index (χ3v) is 3.58. The molecular formula is C14H16O4. The molecule has 4 heteroatoms. The normalized spacial score (nSPS) is 33.9. The Morgan fingerprint density at radius 3 is 2.67 bits per heavy atom. The molecule has 1 saturated heterocycles. The van der Waals surface area contributed by atoms with Gasteiger partial charge in [-0.3, -0.25) is 4.79 Å². The number of benzene rings is 1. The predicted octanol–water partition coefficient (Wildman–Crippen LogP) is 2.08. The number of carbonyl (C=O) groups excluding carboxylic acids is 1. The minimum absolute atomic E-state index is 0.0190. The minimum atomic E-state index is -1.22. The van der Waals surface area contributed by atoms with Crippen LogP contribution in [0.3, 0.4) is 0 Å². The second-order valence-corrected chi connectivity index (χ2v) is 5.04. The summed E-state index contributed by atoms with van der Waals surface area (Å²) < 4.78 is 17.1. The summed E-state index contributed by atoms with van der Waals surface area (Å²) in [5, 5.41) is 0. The molecule has 2 heterocycles. The first-order valence-corrected chi connectivity index (χ1v) is 6.13. The van der Waals surface area contributed by atoms with Crippen molar-refractivity contribution in [2.45, 2.75) is 32.0 Å². The molecule has 0 aliphatic carbocycles. The highest BCUT2D eigenvalue weighted by molar-refractivity contribution is 6.02. The molecule has 0 saturated carbocycles. The quantitative estimate of drug-likeness (QED) is 0.803. The number of rotatable bonds is 2. The maximum atomic E-state index is 12.4. The molecule has 2 bridgehead atoms. The van der Waals surface area contributed by atoms with Gasteiger partial charge in [0.15, 0.2) is 11.9 Å². The summed E-state index contributed by atoms with van der Waals surface area (Å²) in [6, 6.07) is 7.31. The summed E-state index contributed by atoms with van der Waals surface area (Å²) >= 11 is 0. The van der Waals surface area contributed by atoms with Gasteiger partial charge in [0.1, 0.15) is 0 Å². The van der Waals surface area contributed by atoms with Crippen molar-refractivity contribution >= 4 is 5.78 Å². The molecule has 2 aliphatic heterocycles. The Bertz CT molecular complexity index is 496. The first kappa shape index (κ1) is 11.8. The van der Waals surface area contributed by atoms with Gasteiger partial charge in [-0.05, 0) is 5.92 Å². The molecule has 3 atom stereocenters. The van der Waals surface area contributed by atoms with Gasteiger partial charge in [0.05, 0.1) is 11.7 Å². The lowest BCUT2D eigenvalue weighted by Crippen LogP contribution is -2.40. The lowest BCUT2D eigenvalue weighted by atomic mass is 9.92. The van der Waals surface area contributed by atoms with Crippen LogP contribution in [0.4, 0.5) is 0 Å². The number of hydrogen-bond acceptors (Lipinski definition) is 4. The van der Waals surface area contributed by atoms with E-state index in [-0.39, 0.29) is 17.8 Å². The van der Waals surface area contributed by atoms with Gasteiger partial charge in [0.25, 0.3) is 0 Å². The third kappa shape index (κ3) is 1.40. The van der Waals surface area contributed by atoms with Gasteiger partial charge in [0, 0.05) is 12.7 Å². The smallest absolute Gasteiger partial charge is 0.313 e. The van der Waals surface area contributed by atoms with Gasteiger partial charge in [-0.2, -0.15) is 0 Å². The zero-order chi connectivity index (χ0) is 12.9. The predicted molar refractivity (Wildman–Crippen MR) is 64.0 cm³/mol. The third-order valence-electron chi connectivity index (χ3n) is 3.58. The van der Waals surface area contributed by atoms with Crippen molar-refractivity contribution in [3.05, 3.63) is 35.4 Å². The molecule has 18 heavy (non-hydrogen) atoms. The fourth-order valence-corrected chi connectivity index (χ4v) is 2.64. The van der Waals surface area contributed by atoms with Crippen molar-refractivity contribution < 1.29 is 19.0 Å². The highest BCUT2D eigenvalue weighted by atomic mass is 16.9. The van der Waals surface area contributed by atoms with Crippen LogP contribution in [0.5, 0.6) is 0 Å². The summed E-state index contributed by atoms with van der Waals surface area (Å²) in [5.74, 6) is -1.05. The highest BCUT2D eigenvalue weighted by Gasteiger charge is 2.58. The van der Waals surface area contributed by atoms with Crippen molar-refractivity contribution in [2.75, 3.05) is 7.11 Å². The van der Waals surface area contributed by atoms with Crippen molar-refractivity contribution in [2.24, 2.45) is 5.92 Å². The fourth-order valence-electron chi connectivity index (χ4n) is 2.64. The molecule has 1 fully saturated rings. The molecule has 0 radical (unpaired) electrons. The van der Waals surface area contributed by atoms with E-state index in [4.69, 9.17) is 14.2 Å². The molecule has 0 aromatic heterocycles. The Morgan fingerprint density at radius 1 is 1.28 bits per heavy atom. The molecule has 1 aromatic rings. The van der Waals surface area contributed by atoms with Crippen LogP contribution < -0.4 is 0 Å². The van der Waals surface area contributed by atoms with E-state index in [1.165, 1.54) is 7.11 Å². The fraction of sp³-hybridized carbons (Fsp3) is 0.500. The number of ketones is 1. The summed E-state index contributed by atoms with van der Waals surface area (Å²) in [5.41, 5.74) is 1.30. The van der Waals surface area contributed by atoms with E-state index in [1.54, 1.807) is 6.07 Å². The van der Waals surface area contributed by atoms with Crippen molar-refractivity contribution in [3.8, 4) is 0 Å². The van der Waals surface area contributed by atoms with Crippen LogP contribution in [0, 0.1) is 5.92 Å². The number of Topliss-reactive ketones (excluding diaryl/α,β-unsaturated/α-hetero) is 1. The Hall–Kier alpha value is -1.23. The van der Waals surface area contributed by atoms with Crippen LogP contribution in [0.15, 0.2) is 24.3 Å². The van der Waals surface area contributed by atoms with Crippen molar-refractivity contribution in [1.29, 1.82) is 0 Å². The van der Waals surface area contributed by atoms with Crippen molar-refractivity contribution in [1.82, 2.24) is 0 Å². The zero-order valence-corrected chi connectivity index (χ0v) is 10.7. The molecule has 2 aliphatic rings. The Morgan fingerprint density at radius 2 is 2.00 bits per heavy atom. The molecule has 4 nitrogen and oxygen atoms in total. The summed E-state index contributed by atoms with van der Waals surface area (Å²) in [6.07, 6.45) is -0.843. The molecule has 0 N–H and O–H groups in total. The van der Waals surface area contributed by atoms with E-state index in [0.29, 0.717) is 11.1 Å². The topological polar surface area (TPSA) is 44.8 Å². The average Bonchev–Trinajstić information content (AvgIpc) is 2.75. The number of fused-ring (bicyclic) bond motifs is 4. The van der Waals surface area contributed by atoms with E-state index in [2.05, 4.69) is 0 Å². The molecule has 96 valence electrons. The van der Waals surface area contributed by atoms with Gasteiger partial charge in [-0.1, -0.05) is 38.1 Å². The van der Waals surface area contributed by atoms with Gasteiger partial charge >= 0.3 is 5.97 Å². The Balaban J connectivity index is 2.15. The van der Waals surface area contributed by atoms with E-state index in [1.807, 2.05) is 32.0 Å². The maximum Gasteiger partial charge on any atom is 0.313 e. The molecule has 0 unspecified atom stereocenters. The van der Waals surface area contributed by atoms with Gasteiger partial charge in [0.2, 0.25) is 0 Å². The molecular weight excluding hydrogens is 232 g/mol. The summed E-state index contributed by atoms with van der Waals surface area (Å²) in [4.78, 5) is 12.4. The summed E-state index contributed by atoms with van der Waals surface area (Å²) in [6.45, 7) is 4.02. The minimum Gasteiger partial charge on any atom is -0.327 e. The van der Waals surface area contributed by atoms with Crippen LogP contribution in [-0.2, 0) is 20.2 Å². The average molecular weight is 248 g/mol. The number of ether oxygens (including phenoxy) is 3. The van der Waals surface area contributed by atoms with Crippen molar-refractivity contribution in [3.63, 3.8) is 0 Å². The van der Waals surface area contributed by atoms with E-state index in [0.717, 1.165) is 0 Å². The van der Waals surface area contributed by atoms with Gasteiger partial charge in [-0.25, -0.2) is 0 Å². The van der Waals surface area contributed by atoms with Crippen LogP contribution in [0.1, 0.15) is 29.8 Å². The second-order valence-electron chi connectivity index (χ2n) is 5.04. The van der Waals surface area contributed by atoms with Crippen LogP contribution in [0.2, 0.25) is 0 Å². The molecule has 0 spiro atoms. The Labute approximate surface area is 106 Å². The molecule has 3 rings (SSSR count). The first-order chi connectivity index (χ1) is 8.59. The second kappa shape index (κ2) is 3.88. The maximum absolute atomic E-state index is 12.4. The lowest BCUT2D eigenvalue weighted by Gasteiger charge is -2.30. The monoisotopic (exact) mass is 248 g/mol. The first-order valence-electron chi connectivity index (χ1n) is 6.13. The van der Waals surface area contributed by atoms with Crippen LogP contribution in [0.25, 0.3) is 0 Å². The standard InChI is InChI=1S/C14H16O4/c1-8(2)12-13-11(15)9-6-4-5-7-10(9)14(16-3,17-12)18-13/h4-8,12-13H,1-3H3/t12-,13+,14+/m1/s1.